The van der Waals surface area contributed by atoms with E-state index >= 15 is 0 Å². The Bertz CT molecular complexity index is 229. The molecular formula is C10H15BO2. The summed E-state index contributed by atoms with van der Waals surface area (Å²) in [6.45, 7) is 1.74. The zero-order valence-electron chi connectivity index (χ0n) is 7.90. The van der Waals surface area contributed by atoms with E-state index in [9.17, 15) is 0 Å². The van der Waals surface area contributed by atoms with Gasteiger partial charge in [0, 0.05) is 5.41 Å². The van der Waals surface area contributed by atoms with Gasteiger partial charge in [-0.3, -0.25) is 0 Å². The predicted octanol–water partition coefficient (Wildman–Crippen LogP) is 0.821. The largest absolute Gasteiger partial charge is 0.395 e. The van der Waals surface area contributed by atoms with Gasteiger partial charge in [-0.15, -0.1) is 0 Å². The Balaban J connectivity index is 2.77. The van der Waals surface area contributed by atoms with E-state index in [1.54, 1.807) is 0 Å². The van der Waals surface area contributed by atoms with Gasteiger partial charge in [0.05, 0.1) is 21.1 Å². The Morgan fingerprint density at radius 3 is 2.54 bits per heavy atom. The van der Waals surface area contributed by atoms with Gasteiger partial charge >= 0.3 is 0 Å². The van der Waals surface area contributed by atoms with Crippen LogP contribution < -0.4 is 0 Å². The monoisotopic (exact) mass is 178 g/mol. The van der Waals surface area contributed by atoms with E-state index in [1.807, 2.05) is 25.2 Å². The maximum Gasteiger partial charge on any atom is 0.0759 e. The first-order chi connectivity index (χ1) is 6.12. The second kappa shape index (κ2) is 4.12. The van der Waals surface area contributed by atoms with Crippen LogP contribution in [0.2, 0.25) is 5.82 Å². The van der Waals surface area contributed by atoms with Crippen LogP contribution in [0.5, 0.6) is 0 Å². The van der Waals surface area contributed by atoms with Crippen molar-refractivity contribution < 1.29 is 10.2 Å². The van der Waals surface area contributed by atoms with Gasteiger partial charge in [-0.05, 0) is 12.0 Å². The third-order valence-corrected chi connectivity index (χ3v) is 2.53. The lowest BCUT2D eigenvalue weighted by molar-refractivity contribution is 0.101. The molecule has 0 aliphatic heterocycles. The van der Waals surface area contributed by atoms with E-state index in [0.29, 0.717) is 0 Å². The Kier molecular flexibility index (Phi) is 3.34. The molecule has 0 fully saturated rings. The fourth-order valence-corrected chi connectivity index (χ4v) is 1.32. The van der Waals surface area contributed by atoms with E-state index in [2.05, 4.69) is 0 Å². The van der Waals surface area contributed by atoms with Gasteiger partial charge < -0.3 is 10.2 Å². The maximum absolute atomic E-state index is 9.14. The minimum Gasteiger partial charge on any atom is -0.395 e. The van der Waals surface area contributed by atoms with Crippen molar-refractivity contribution in [3.8, 4) is 0 Å². The molecule has 0 spiro atoms. The van der Waals surface area contributed by atoms with Gasteiger partial charge in [0.25, 0.3) is 0 Å². The lowest BCUT2D eigenvalue weighted by Gasteiger charge is -2.28. The molecule has 70 valence electrons. The van der Waals surface area contributed by atoms with Crippen LogP contribution in [-0.2, 0) is 0 Å². The van der Waals surface area contributed by atoms with E-state index in [1.165, 1.54) is 0 Å². The Morgan fingerprint density at radius 2 is 2.15 bits per heavy atom. The van der Waals surface area contributed by atoms with Crippen molar-refractivity contribution in [2.45, 2.75) is 19.2 Å². The third-order valence-electron chi connectivity index (χ3n) is 2.53. The van der Waals surface area contributed by atoms with Crippen molar-refractivity contribution in [2.75, 3.05) is 13.2 Å². The summed E-state index contributed by atoms with van der Waals surface area (Å²) in [7, 11) is 5.67. The van der Waals surface area contributed by atoms with Gasteiger partial charge in [-0.2, -0.15) is 0 Å². The molecule has 1 atom stereocenters. The lowest BCUT2D eigenvalue weighted by atomic mass is 9.75. The minimum atomic E-state index is -0.531. The highest BCUT2D eigenvalue weighted by Gasteiger charge is 2.26. The molecule has 13 heavy (non-hydrogen) atoms. The normalized spacial score (nSPS) is 23.0. The third kappa shape index (κ3) is 2.23. The molecule has 1 rings (SSSR count). The number of rotatable bonds is 3. The molecule has 0 heterocycles. The summed E-state index contributed by atoms with van der Waals surface area (Å²) in [6.07, 6.45) is 6.55. The number of aliphatic hydroxyl groups excluding tert-OH is 2. The summed E-state index contributed by atoms with van der Waals surface area (Å²) < 4.78 is 0. The standard InChI is InChI=1S/C10H15BO2/c1-10(6-12,7-13)8-2-4-9(11)5-3-8/h2-4,9,12-13H,5-7H2,1H3. The predicted molar refractivity (Wildman–Crippen MR) is 53.6 cm³/mol. The van der Waals surface area contributed by atoms with Crippen LogP contribution in [0, 0.1) is 5.41 Å². The van der Waals surface area contributed by atoms with Gasteiger partial charge in [0.2, 0.25) is 0 Å². The van der Waals surface area contributed by atoms with Gasteiger partial charge in [0.15, 0.2) is 0 Å². The summed E-state index contributed by atoms with van der Waals surface area (Å²) in [5.41, 5.74) is 0.440. The van der Waals surface area contributed by atoms with E-state index in [4.69, 9.17) is 18.1 Å². The van der Waals surface area contributed by atoms with Crippen molar-refractivity contribution in [2.24, 2.45) is 5.41 Å². The van der Waals surface area contributed by atoms with Crippen LogP contribution in [0.4, 0.5) is 0 Å². The molecular weight excluding hydrogens is 163 g/mol. The second-order valence-electron chi connectivity index (χ2n) is 3.80. The molecule has 0 bridgehead atoms. The van der Waals surface area contributed by atoms with Crippen LogP contribution in [0.15, 0.2) is 23.8 Å². The first-order valence-electron chi connectivity index (χ1n) is 4.48. The Morgan fingerprint density at radius 1 is 1.54 bits per heavy atom. The first kappa shape index (κ1) is 10.5. The zero-order chi connectivity index (χ0) is 9.90. The second-order valence-corrected chi connectivity index (χ2v) is 3.80. The molecule has 0 aromatic rings. The average molecular weight is 178 g/mol. The lowest BCUT2D eigenvalue weighted by Crippen LogP contribution is -2.28. The molecule has 2 nitrogen and oxygen atoms in total. The first-order valence-corrected chi connectivity index (χ1v) is 4.48. The average Bonchev–Trinajstić information content (AvgIpc) is 2.18. The van der Waals surface area contributed by atoms with Crippen molar-refractivity contribution in [3.05, 3.63) is 23.8 Å². The van der Waals surface area contributed by atoms with E-state index in [0.717, 1.165) is 12.0 Å². The summed E-state index contributed by atoms with van der Waals surface area (Å²) in [5.74, 6) is 0.0744. The molecule has 2 radical (unpaired) electrons. The van der Waals surface area contributed by atoms with E-state index < -0.39 is 5.41 Å². The summed E-state index contributed by atoms with van der Waals surface area (Å²) in [4.78, 5) is 0. The minimum absolute atomic E-state index is 0.0467. The number of aliphatic hydroxyl groups is 2. The summed E-state index contributed by atoms with van der Waals surface area (Å²) in [5, 5.41) is 18.3. The molecule has 1 aliphatic carbocycles. The quantitative estimate of drug-likeness (QED) is 0.628. The van der Waals surface area contributed by atoms with Crippen LogP contribution in [-0.4, -0.2) is 31.3 Å². The van der Waals surface area contributed by atoms with Crippen LogP contribution in [0.3, 0.4) is 0 Å². The molecule has 1 unspecified atom stereocenters. The van der Waals surface area contributed by atoms with Crippen molar-refractivity contribution in [1.29, 1.82) is 0 Å². The highest BCUT2D eigenvalue weighted by atomic mass is 16.3. The van der Waals surface area contributed by atoms with Gasteiger partial charge in [-0.1, -0.05) is 31.0 Å². The molecule has 1 aliphatic rings. The van der Waals surface area contributed by atoms with Crippen LogP contribution in [0.1, 0.15) is 13.3 Å². The summed E-state index contributed by atoms with van der Waals surface area (Å²) >= 11 is 0. The number of allylic oxidation sites excluding steroid dienone is 3. The van der Waals surface area contributed by atoms with E-state index in [-0.39, 0.29) is 19.0 Å². The molecule has 3 heteroatoms. The maximum atomic E-state index is 9.14. The van der Waals surface area contributed by atoms with Gasteiger partial charge in [0.1, 0.15) is 0 Å². The highest BCUT2D eigenvalue weighted by molar-refractivity contribution is 6.13. The van der Waals surface area contributed by atoms with Crippen molar-refractivity contribution in [1.82, 2.24) is 0 Å². The van der Waals surface area contributed by atoms with Crippen molar-refractivity contribution in [3.63, 3.8) is 0 Å². The molecule has 0 saturated heterocycles. The smallest absolute Gasteiger partial charge is 0.0759 e. The topological polar surface area (TPSA) is 40.5 Å². The molecule has 0 saturated carbocycles. The Hall–Kier alpha value is -0.535. The Labute approximate surface area is 80.4 Å². The fourth-order valence-electron chi connectivity index (χ4n) is 1.32. The molecule has 0 amide bonds. The molecule has 2 N–H and O–H groups in total. The molecule has 0 aromatic heterocycles. The number of hydrogen-bond acceptors (Lipinski definition) is 2. The van der Waals surface area contributed by atoms with Crippen LogP contribution in [0.25, 0.3) is 0 Å². The SMILES string of the molecule is [B]C1C=CC(C(C)(CO)CO)=CC1. The summed E-state index contributed by atoms with van der Waals surface area (Å²) in [6, 6.07) is 0. The fraction of sp³-hybridized carbons (Fsp3) is 0.600. The highest BCUT2D eigenvalue weighted by Crippen LogP contribution is 2.31. The van der Waals surface area contributed by atoms with Crippen molar-refractivity contribution >= 4 is 7.85 Å². The van der Waals surface area contributed by atoms with Crippen LogP contribution >= 0.6 is 0 Å². The van der Waals surface area contributed by atoms with Gasteiger partial charge in [-0.25, -0.2) is 0 Å². The zero-order valence-corrected chi connectivity index (χ0v) is 7.90. The number of hydrogen-bond donors (Lipinski definition) is 2. The molecule has 0 aromatic carbocycles.